The zero-order valence-corrected chi connectivity index (χ0v) is 8.06. The largest absolute Gasteiger partial charge is 0.399 e. The molecule has 0 aromatic heterocycles. The van der Waals surface area contributed by atoms with Crippen LogP contribution in [0.2, 0.25) is 0 Å². The Kier molecular flexibility index (Phi) is 3.28. The van der Waals surface area contributed by atoms with Gasteiger partial charge in [0.05, 0.1) is 5.54 Å². The van der Waals surface area contributed by atoms with Crippen molar-refractivity contribution in [3.05, 3.63) is 11.9 Å². The molecule has 1 aliphatic rings. The van der Waals surface area contributed by atoms with Gasteiger partial charge in [0, 0.05) is 17.8 Å². The van der Waals surface area contributed by atoms with Crippen LogP contribution in [0.3, 0.4) is 0 Å². The molecule has 0 atom stereocenters. The lowest BCUT2D eigenvalue weighted by Gasteiger charge is -2.47. The maximum absolute atomic E-state index is 12.3. The van der Waals surface area contributed by atoms with E-state index in [0.29, 0.717) is 18.5 Å². The van der Waals surface area contributed by atoms with Crippen molar-refractivity contribution in [2.45, 2.75) is 24.8 Å². The van der Waals surface area contributed by atoms with E-state index in [-0.39, 0.29) is 0 Å². The molecule has 82 valence electrons. The Morgan fingerprint density at radius 2 is 2.14 bits per heavy atom. The molecule has 0 saturated heterocycles. The molecule has 0 aromatic rings. The fourth-order valence-corrected chi connectivity index (χ4v) is 1.83. The second-order valence-corrected chi connectivity index (χ2v) is 3.60. The van der Waals surface area contributed by atoms with Crippen LogP contribution in [-0.2, 0) is 0 Å². The van der Waals surface area contributed by atoms with Gasteiger partial charge in [0.2, 0.25) is 6.43 Å². The van der Waals surface area contributed by atoms with Gasteiger partial charge >= 0.3 is 0 Å². The highest BCUT2D eigenvalue weighted by molar-refractivity contribution is 5.22. The molecule has 0 aromatic carbocycles. The Bertz CT molecular complexity index is 223. The van der Waals surface area contributed by atoms with Crippen LogP contribution in [0.15, 0.2) is 11.9 Å². The quantitative estimate of drug-likeness (QED) is 0.382. The van der Waals surface area contributed by atoms with Gasteiger partial charge in [0.25, 0.3) is 0 Å². The van der Waals surface area contributed by atoms with Crippen molar-refractivity contribution in [2.24, 2.45) is 17.5 Å². The van der Waals surface area contributed by atoms with Crippen LogP contribution in [0.25, 0.3) is 0 Å². The number of hydrogen-bond donors (Lipinski definition) is 4. The minimum atomic E-state index is -2.27. The summed E-state index contributed by atoms with van der Waals surface area (Å²) in [5, 5.41) is 2.96. The van der Waals surface area contributed by atoms with Gasteiger partial charge in [-0.1, -0.05) is 0 Å². The highest BCUT2D eigenvalue weighted by Crippen LogP contribution is 2.43. The number of halogens is 2. The minimum Gasteiger partial charge on any atom is -0.399 e. The molecule has 0 unspecified atom stereocenters. The fourth-order valence-electron chi connectivity index (χ4n) is 1.83. The summed E-state index contributed by atoms with van der Waals surface area (Å²) in [6.45, 7) is 0. The van der Waals surface area contributed by atoms with Crippen molar-refractivity contribution in [2.75, 3.05) is 7.05 Å². The van der Waals surface area contributed by atoms with E-state index in [4.69, 9.17) is 11.6 Å². The van der Waals surface area contributed by atoms with Crippen molar-refractivity contribution < 1.29 is 8.78 Å². The maximum Gasteiger partial charge on any atom is 0.241 e. The van der Waals surface area contributed by atoms with E-state index in [1.807, 2.05) is 0 Å². The van der Waals surface area contributed by atoms with Gasteiger partial charge in [-0.2, -0.15) is 0 Å². The number of alkyl halides is 2. The van der Waals surface area contributed by atoms with Gasteiger partial charge in [-0.05, 0) is 19.9 Å². The smallest absolute Gasteiger partial charge is 0.241 e. The first-order chi connectivity index (χ1) is 6.55. The Hall–Kier alpha value is -0.880. The molecule has 0 spiro atoms. The van der Waals surface area contributed by atoms with Gasteiger partial charge in [-0.15, -0.1) is 0 Å². The standard InChI is InChI=1S/C8H16F2N4/c1-13-8(6(11)4-14-12)2-5(3-8)7(9)10/h4-5,7,13-14H,2-3,11-12H2,1H3/b6-4-. The van der Waals surface area contributed by atoms with Crippen molar-refractivity contribution in [1.82, 2.24) is 10.7 Å². The topological polar surface area (TPSA) is 76.1 Å². The number of hydrazine groups is 1. The van der Waals surface area contributed by atoms with E-state index >= 15 is 0 Å². The summed E-state index contributed by atoms with van der Waals surface area (Å²) in [5.74, 6) is 4.51. The summed E-state index contributed by atoms with van der Waals surface area (Å²) in [5.41, 5.74) is 7.98. The van der Waals surface area contributed by atoms with Gasteiger partial charge in [-0.3, -0.25) is 5.84 Å². The van der Waals surface area contributed by atoms with Gasteiger partial charge in [0.15, 0.2) is 0 Å². The van der Waals surface area contributed by atoms with E-state index in [2.05, 4.69) is 10.7 Å². The van der Waals surface area contributed by atoms with Crippen LogP contribution < -0.4 is 22.3 Å². The third-order valence-corrected chi connectivity index (χ3v) is 2.85. The Balaban J connectivity index is 2.61. The van der Waals surface area contributed by atoms with Crippen molar-refractivity contribution in [1.29, 1.82) is 0 Å². The molecule has 1 rings (SSSR count). The van der Waals surface area contributed by atoms with Crippen LogP contribution in [0.4, 0.5) is 8.78 Å². The Morgan fingerprint density at radius 3 is 2.50 bits per heavy atom. The molecule has 6 heteroatoms. The van der Waals surface area contributed by atoms with Crippen LogP contribution in [0.5, 0.6) is 0 Å². The van der Waals surface area contributed by atoms with Gasteiger partial charge < -0.3 is 16.5 Å². The van der Waals surface area contributed by atoms with E-state index in [1.54, 1.807) is 7.05 Å². The van der Waals surface area contributed by atoms with Gasteiger partial charge in [0.1, 0.15) is 0 Å². The molecule has 14 heavy (non-hydrogen) atoms. The van der Waals surface area contributed by atoms with E-state index in [9.17, 15) is 8.78 Å². The predicted molar refractivity (Wildman–Crippen MR) is 50.1 cm³/mol. The van der Waals surface area contributed by atoms with Crippen molar-refractivity contribution >= 4 is 0 Å². The number of nitrogens with two attached hydrogens (primary N) is 2. The molecule has 0 bridgehead atoms. The monoisotopic (exact) mass is 206 g/mol. The maximum atomic E-state index is 12.3. The number of likely N-dealkylation sites (N-methyl/N-ethyl adjacent to an activating group) is 1. The SMILES string of the molecule is CNC1(/C(N)=C/NN)CC(C(F)F)C1. The first-order valence-electron chi connectivity index (χ1n) is 4.45. The summed E-state index contributed by atoms with van der Waals surface area (Å²) in [4.78, 5) is 0. The number of nitrogens with one attached hydrogen (secondary N) is 2. The Labute approximate surface area is 81.7 Å². The summed E-state index contributed by atoms with van der Waals surface area (Å²) in [6, 6.07) is 0. The molecule has 1 saturated carbocycles. The molecular weight excluding hydrogens is 190 g/mol. The average Bonchev–Trinajstić information content (AvgIpc) is 2.03. The zero-order chi connectivity index (χ0) is 10.8. The summed E-state index contributed by atoms with van der Waals surface area (Å²) < 4.78 is 24.6. The third kappa shape index (κ3) is 1.80. The molecule has 4 nitrogen and oxygen atoms in total. The first-order valence-corrected chi connectivity index (χ1v) is 4.45. The summed E-state index contributed by atoms with van der Waals surface area (Å²) >= 11 is 0. The third-order valence-electron chi connectivity index (χ3n) is 2.85. The van der Waals surface area contributed by atoms with E-state index in [1.165, 1.54) is 6.20 Å². The first kappa shape index (κ1) is 11.2. The minimum absolute atomic E-state index is 0.352. The highest BCUT2D eigenvalue weighted by atomic mass is 19.3. The molecule has 1 fully saturated rings. The van der Waals surface area contributed by atoms with E-state index < -0.39 is 17.9 Å². The molecule has 0 radical (unpaired) electrons. The molecule has 1 aliphatic carbocycles. The lowest BCUT2D eigenvalue weighted by Crippen LogP contribution is -2.59. The Morgan fingerprint density at radius 1 is 1.57 bits per heavy atom. The van der Waals surface area contributed by atoms with Crippen LogP contribution in [0, 0.1) is 5.92 Å². The van der Waals surface area contributed by atoms with Crippen LogP contribution >= 0.6 is 0 Å². The molecule has 0 amide bonds. The number of rotatable bonds is 4. The fraction of sp³-hybridized carbons (Fsp3) is 0.750. The van der Waals surface area contributed by atoms with Crippen molar-refractivity contribution in [3.8, 4) is 0 Å². The van der Waals surface area contributed by atoms with Crippen LogP contribution in [0.1, 0.15) is 12.8 Å². The molecule has 6 N–H and O–H groups in total. The highest BCUT2D eigenvalue weighted by Gasteiger charge is 2.48. The number of hydrogen-bond acceptors (Lipinski definition) is 4. The summed E-state index contributed by atoms with van der Waals surface area (Å²) in [7, 11) is 1.71. The molecule has 0 heterocycles. The average molecular weight is 206 g/mol. The van der Waals surface area contributed by atoms with E-state index in [0.717, 1.165) is 0 Å². The van der Waals surface area contributed by atoms with Crippen molar-refractivity contribution in [3.63, 3.8) is 0 Å². The summed E-state index contributed by atoms with van der Waals surface area (Å²) in [6.07, 6.45) is -0.135. The second kappa shape index (κ2) is 4.10. The second-order valence-electron chi connectivity index (χ2n) is 3.60. The lowest BCUT2D eigenvalue weighted by atomic mass is 9.67. The molecular formula is C8H16F2N4. The van der Waals surface area contributed by atoms with Crippen LogP contribution in [-0.4, -0.2) is 19.0 Å². The normalized spacial score (nSPS) is 32.9. The lowest BCUT2D eigenvalue weighted by molar-refractivity contribution is -0.00959. The molecule has 0 aliphatic heterocycles. The zero-order valence-electron chi connectivity index (χ0n) is 8.06. The predicted octanol–water partition coefficient (Wildman–Crippen LogP) is -0.117. The van der Waals surface area contributed by atoms with Gasteiger partial charge in [-0.25, -0.2) is 8.78 Å².